The van der Waals surface area contributed by atoms with Gasteiger partial charge >= 0.3 is 0 Å². The van der Waals surface area contributed by atoms with Crippen LogP contribution in [-0.4, -0.2) is 24.3 Å². The van der Waals surface area contributed by atoms with Gasteiger partial charge in [0, 0.05) is 25.1 Å². The second-order valence-electron chi connectivity index (χ2n) is 6.28. The minimum absolute atomic E-state index is 0. The van der Waals surface area contributed by atoms with Gasteiger partial charge in [-0.25, -0.2) is 4.99 Å². The highest BCUT2D eigenvalue weighted by atomic mass is 127. The first-order chi connectivity index (χ1) is 13.2. The maximum absolute atomic E-state index is 5.70. The van der Waals surface area contributed by atoms with E-state index in [1.165, 1.54) is 0 Å². The Bertz CT molecular complexity index is 709. The van der Waals surface area contributed by atoms with Crippen molar-refractivity contribution in [3.8, 4) is 5.75 Å². The largest absolute Gasteiger partial charge is 0.494 e. The van der Waals surface area contributed by atoms with E-state index in [4.69, 9.17) is 14.3 Å². The molecule has 0 fully saturated rings. The van der Waals surface area contributed by atoms with Crippen LogP contribution in [-0.2, 0) is 25.9 Å². The Morgan fingerprint density at radius 3 is 2.64 bits per heavy atom. The van der Waals surface area contributed by atoms with Crippen LogP contribution in [0.25, 0.3) is 0 Å². The molecule has 1 aromatic carbocycles. The third-order valence-corrected chi connectivity index (χ3v) is 4.17. The molecule has 6 nitrogen and oxygen atoms in total. The molecule has 0 amide bonds. The Hall–Kier alpha value is -1.77. The summed E-state index contributed by atoms with van der Waals surface area (Å²) in [7, 11) is 0. The van der Waals surface area contributed by atoms with E-state index in [9.17, 15) is 0 Å². The molecule has 0 spiro atoms. The van der Waals surface area contributed by atoms with E-state index >= 15 is 0 Å². The van der Waals surface area contributed by atoms with Crippen molar-refractivity contribution in [1.29, 1.82) is 0 Å². The number of aryl methyl sites for hydroxylation is 2. The van der Waals surface area contributed by atoms with Gasteiger partial charge in [0.2, 0.25) is 0 Å². The lowest BCUT2D eigenvalue weighted by molar-refractivity contribution is 0.317. The number of hydrogen-bond acceptors (Lipinski definition) is 4. The van der Waals surface area contributed by atoms with E-state index in [-0.39, 0.29) is 24.0 Å². The van der Waals surface area contributed by atoms with Crippen molar-refractivity contribution < 1.29 is 9.26 Å². The SMILES string of the molecule is CCCOc1cccc(CN=C(NCC)NCc2c(CC)noc2CC)c1.I. The monoisotopic (exact) mass is 500 g/mol. The van der Waals surface area contributed by atoms with Crippen LogP contribution in [0.1, 0.15) is 56.7 Å². The number of hydrogen-bond donors (Lipinski definition) is 2. The number of rotatable bonds is 10. The molecule has 0 atom stereocenters. The summed E-state index contributed by atoms with van der Waals surface area (Å²) in [6.07, 6.45) is 2.69. The highest BCUT2D eigenvalue weighted by molar-refractivity contribution is 14.0. The van der Waals surface area contributed by atoms with Crippen LogP contribution in [0.15, 0.2) is 33.8 Å². The molecule has 0 aliphatic carbocycles. The van der Waals surface area contributed by atoms with Crippen molar-refractivity contribution in [1.82, 2.24) is 15.8 Å². The van der Waals surface area contributed by atoms with Gasteiger partial charge < -0.3 is 19.9 Å². The van der Waals surface area contributed by atoms with Gasteiger partial charge in [-0.15, -0.1) is 24.0 Å². The van der Waals surface area contributed by atoms with Crippen molar-refractivity contribution in [2.45, 2.75) is 60.0 Å². The molecule has 0 bridgehead atoms. The molecule has 1 heterocycles. The van der Waals surface area contributed by atoms with Gasteiger partial charge in [0.25, 0.3) is 0 Å². The zero-order chi connectivity index (χ0) is 19.5. The lowest BCUT2D eigenvalue weighted by Gasteiger charge is -2.12. The fourth-order valence-corrected chi connectivity index (χ4v) is 2.78. The number of nitrogens with one attached hydrogen (secondary N) is 2. The molecule has 0 saturated carbocycles. The van der Waals surface area contributed by atoms with E-state index in [1.54, 1.807) is 0 Å². The van der Waals surface area contributed by atoms with Crippen LogP contribution in [0.3, 0.4) is 0 Å². The molecule has 0 aliphatic rings. The summed E-state index contributed by atoms with van der Waals surface area (Å²) < 4.78 is 11.1. The fourth-order valence-electron chi connectivity index (χ4n) is 2.78. The Kier molecular flexibility index (Phi) is 11.6. The summed E-state index contributed by atoms with van der Waals surface area (Å²) in [5.41, 5.74) is 3.27. The molecular formula is C21H33IN4O2. The van der Waals surface area contributed by atoms with Crippen molar-refractivity contribution in [2.75, 3.05) is 13.2 Å². The zero-order valence-electron chi connectivity index (χ0n) is 17.4. The lowest BCUT2D eigenvalue weighted by atomic mass is 10.1. The molecule has 0 radical (unpaired) electrons. The van der Waals surface area contributed by atoms with Crippen molar-refractivity contribution >= 4 is 29.9 Å². The predicted octanol–water partition coefficient (Wildman–Crippen LogP) is 4.46. The zero-order valence-corrected chi connectivity index (χ0v) is 19.7. The van der Waals surface area contributed by atoms with Crippen molar-refractivity contribution in [2.24, 2.45) is 4.99 Å². The minimum Gasteiger partial charge on any atom is -0.494 e. The summed E-state index contributed by atoms with van der Waals surface area (Å²) in [6, 6.07) is 8.11. The van der Waals surface area contributed by atoms with Gasteiger partial charge in [-0.1, -0.05) is 38.1 Å². The molecule has 2 rings (SSSR count). The summed E-state index contributed by atoms with van der Waals surface area (Å²) >= 11 is 0. The Morgan fingerprint density at radius 2 is 1.96 bits per heavy atom. The number of aliphatic imine (C=N–C) groups is 1. The Balaban J connectivity index is 0.00000392. The molecule has 0 unspecified atom stereocenters. The summed E-state index contributed by atoms with van der Waals surface area (Å²) in [5, 5.41) is 10.9. The minimum atomic E-state index is 0. The van der Waals surface area contributed by atoms with Crippen LogP contribution in [0.5, 0.6) is 5.75 Å². The Labute approximate surface area is 185 Å². The first-order valence-electron chi connectivity index (χ1n) is 9.91. The third kappa shape index (κ3) is 7.33. The topological polar surface area (TPSA) is 71.7 Å². The summed E-state index contributed by atoms with van der Waals surface area (Å²) in [6.45, 7) is 11.1. The van der Waals surface area contributed by atoms with Gasteiger partial charge in [-0.2, -0.15) is 0 Å². The average molecular weight is 500 g/mol. The average Bonchev–Trinajstić information content (AvgIpc) is 3.10. The smallest absolute Gasteiger partial charge is 0.191 e. The molecule has 28 heavy (non-hydrogen) atoms. The van der Waals surface area contributed by atoms with E-state index in [1.807, 2.05) is 18.2 Å². The van der Waals surface area contributed by atoms with Crippen LogP contribution in [0, 0.1) is 0 Å². The Morgan fingerprint density at radius 1 is 1.14 bits per heavy atom. The highest BCUT2D eigenvalue weighted by Gasteiger charge is 2.13. The van der Waals surface area contributed by atoms with Crippen LogP contribution < -0.4 is 15.4 Å². The first kappa shape index (κ1) is 24.3. The molecule has 0 aliphatic heterocycles. The van der Waals surface area contributed by atoms with Gasteiger partial charge in [0.1, 0.15) is 11.5 Å². The fraction of sp³-hybridized carbons (Fsp3) is 0.524. The lowest BCUT2D eigenvalue weighted by Crippen LogP contribution is -2.37. The first-order valence-corrected chi connectivity index (χ1v) is 9.91. The van der Waals surface area contributed by atoms with E-state index in [0.717, 1.165) is 66.7 Å². The molecule has 1 aromatic heterocycles. The number of ether oxygens (including phenoxy) is 1. The second kappa shape index (κ2) is 13.4. The number of guanidine groups is 1. The maximum atomic E-state index is 5.70. The maximum Gasteiger partial charge on any atom is 0.191 e. The van der Waals surface area contributed by atoms with Gasteiger partial charge in [-0.05, 0) is 37.5 Å². The van der Waals surface area contributed by atoms with Crippen LogP contribution >= 0.6 is 24.0 Å². The second-order valence-corrected chi connectivity index (χ2v) is 6.28. The van der Waals surface area contributed by atoms with Crippen molar-refractivity contribution in [3.05, 3.63) is 46.8 Å². The molecule has 2 N–H and O–H groups in total. The van der Waals surface area contributed by atoms with E-state index in [2.05, 4.69) is 49.6 Å². The number of aromatic nitrogens is 1. The van der Waals surface area contributed by atoms with Gasteiger partial charge in [0.05, 0.1) is 18.8 Å². The number of halogens is 1. The van der Waals surface area contributed by atoms with E-state index < -0.39 is 0 Å². The third-order valence-electron chi connectivity index (χ3n) is 4.17. The molecule has 156 valence electrons. The van der Waals surface area contributed by atoms with Crippen LogP contribution in [0.4, 0.5) is 0 Å². The molecule has 0 saturated heterocycles. The molecular weight excluding hydrogens is 467 g/mol. The van der Waals surface area contributed by atoms with Gasteiger partial charge in [-0.3, -0.25) is 0 Å². The molecule has 7 heteroatoms. The molecule has 2 aromatic rings. The highest BCUT2D eigenvalue weighted by Crippen LogP contribution is 2.16. The standard InChI is InChI=1S/C21H32N4O2.HI/c1-5-12-26-17-11-9-10-16(13-17)14-23-21(22-8-4)24-15-18-19(6-2)25-27-20(18)7-3;/h9-11,13H,5-8,12,14-15H2,1-4H3,(H2,22,23,24);1H. The summed E-state index contributed by atoms with van der Waals surface area (Å²) in [5.74, 6) is 2.62. The van der Waals surface area contributed by atoms with Crippen molar-refractivity contribution in [3.63, 3.8) is 0 Å². The quantitative estimate of drug-likeness (QED) is 0.286. The number of benzene rings is 1. The number of nitrogens with zero attached hydrogens (tertiary/aromatic N) is 2. The normalized spacial score (nSPS) is 11.1. The predicted molar refractivity (Wildman–Crippen MR) is 125 cm³/mol. The van der Waals surface area contributed by atoms with E-state index in [0.29, 0.717) is 13.1 Å². The van der Waals surface area contributed by atoms with Gasteiger partial charge in [0.15, 0.2) is 5.96 Å². The van der Waals surface area contributed by atoms with Crippen LogP contribution in [0.2, 0.25) is 0 Å². The summed E-state index contributed by atoms with van der Waals surface area (Å²) in [4.78, 5) is 4.70.